The first-order chi connectivity index (χ1) is 8.77. The number of hydrogen-bond acceptors (Lipinski definition) is 5. The van der Waals surface area contributed by atoms with Crippen molar-refractivity contribution in [3.63, 3.8) is 0 Å². The molecule has 2 heterocycles. The Morgan fingerprint density at radius 3 is 2.83 bits per heavy atom. The molecular weight excluding hydrogens is 234 g/mol. The molecule has 18 heavy (non-hydrogen) atoms. The van der Waals surface area contributed by atoms with Crippen molar-refractivity contribution in [2.24, 2.45) is 0 Å². The largest absolute Gasteiger partial charge is 0.383 e. The molecule has 0 aromatic heterocycles. The third-order valence-corrected chi connectivity index (χ3v) is 3.49. The van der Waals surface area contributed by atoms with E-state index >= 15 is 0 Å². The monoisotopic (exact) mass is 255 g/mol. The first kappa shape index (κ1) is 13.3. The lowest BCUT2D eigenvalue weighted by Crippen LogP contribution is -2.39. The highest BCUT2D eigenvalue weighted by Crippen LogP contribution is 2.16. The van der Waals surface area contributed by atoms with Crippen molar-refractivity contribution in [1.82, 2.24) is 10.2 Å². The average Bonchev–Trinajstić information content (AvgIpc) is 2.65. The summed E-state index contributed by atoms with van der Waals surface area (Å²) < 4.78 is 5.26. The van der Waals surface area contributed by atoms with Crippen LogP contribution in [0, 0.1) is 10.1 Å². The van der Waals surface area contributed by atoms with Crippen LogP contribution in [0.2, 0.25) is 0 Å². The van der Waals surface area contributed by atoms with Crippen LogP contribution in [0.25, 0.3) is 0 Å². The third-order valence-electron chi connectivity index (χ3n) is 3.49. The summed E-state index contributed by atoms with van der Waals surface area (Å²) in [6, 6.07) is 0. The van der Waals surface area contributed by atoms with Gasteiger partial charge in [-0.1, -0.05) is 6.42 Å². The third kappa shape index (κ3) is 3.68. The van der Waals surface area contributed by atoms with Gasteiger partial charge in [0.25, 0.3) is 5.70 Å². The van der Waals surface area contributed by atoms with Crippen LogP contribution in [0.15, 0.2) is 11.4 Å². The summed E-state index contributed by atoms with van der Waals surface area (Å²) in [7, 11) is 0. The van der Waals surface area contributed by atoms with Crippen LogP contribution in [-0.2, 0) is 4.74 Å². The van der Waals surface area contributed by atoms with Crippen molar-refractivity contribution in [3.8, 4) is 0 Å². The fraction of sp³-hybridized carbons (Fsp3) is 0.833. The number of allylic oxidation sites excluding steroid dienone is 1. The second kappa shape index (κ2) is 6.70. The topological polar surface area (TPSA) is 67.6 Å². The summed E-state index contributed by atoms with van der Waals surface area (Å²) in [4.78, 5) is 13.1. The summed E-state index contributed by atoms with van der Waals surface area (Å²) in [5.41, 5.74) is 1.18. The molecule has 0 aromatic carbocycles. The van der Waals surface area contributed by atoms with Crippen molar-refractivity contribution in [1.29, 1.82) is 0 Å². The SMILES string of the molecule is O=[N+]([O-])C(CN1CCOCC1)=C1CCCCCN1. The molecule has 2 rings (SSSR count). The highest BCUT2D eigenvalue weighted by Gasteiger charge is 2.23. The van der Waals surface area contributed by atoms with Gasteiger partial charge in [-0.05, 0) is 19.3 Å². The Morgan fingerprint density at radius 1 is 1.33 bits per heavy atom. The Bertz CT molecular complexity index is 315. The normalized spacial score (nSPS) is 25.1. The molecule has 102 valence electrons. The first-order valence-corrected chi connectivity index (χ1v) is 6.68. The molecule has 0 aromatic rings. The van der Waals surface area contributed by atoms with Crippen molar-refractivity contribution in [2.45, 2.75) is 25.7 Å². The number of morpholine rings is 1. The van der Waals surface area contributed by atoms with E-state index in [9.17, 15) is 10.1 Å². The predicted molar refractivity (Wildman–Crippen MR) is 67.8 cm³/mol. The molecule has 2 aliphatic heterocycles. The first-order valence-electron chi connectivity index (χ1n) is 6.68. The molecule has 2 aliphatic rings. The van der Waals surface area contributed by atoms with Crippen LogP contribution in [0.1, 0.15) is 25.7 Å². The van der Waals surface area contributed by atoms with E-state index in [1.807, 2.05) is 0 Å². The van der Waals surface area contributed by atoms with E-state index in [2.05, 4.69) is 10.2 Å². The molecule has 0 saturated carbocycles. The molecule has 0 atom stereocenters. The molecule has 6 nitrogen and oxygen atoms in total. The van der Waals surface area contributed by atoms with Gasteiger partial charge in [0.1, 0.15) is 0 Å². The minimum Gasteiger partial charge on any atom is -0.383 e. The summed E-state index contributed by atoms with van der Waals surface area (Å²) in [5.74, 6) is 0. The molecule has 0 bridgehead atoms. The zero-order valence-electron chi connectivity index (χ0n) is 10.7. The number of nitrogens with one attached hydrogen (secondary N) is 1. The van der Waals surface area contributed by atoms with E-state index in [-0.39, 0.29) is 4.92 Å². The van der Waals surface area contributed by atoms with Crippen molar-refractivity contribution in [2.75, 3.05) is 39.4 Å². The Hall–Kier alpha value is -1.14. The summed E-state index contributed by atoms with van der Waals surface area (Å²) in [5, 5.41) is 14.5. The van der Waals surface area contributed by atoms with E-state index in [1.165, 1.54) is 0 Å². The van der Waals surface area contributed by atoms with Gasteiger partial charge in [-0.15, -0.1) is 0 Å². The van der Waals surface area contributed by atoms with E-state index in [1.54, 1.807) is 0 Å². The molecular formula is C12H21N3O3. The summed E-state index contributed by atoms with van der Waals surface area (Å²) in [6.45, 7) is 4.20. The standard InChI is InChI=1S/C12H21N3O3/c16-15(17)12(10-14-6-8-18-9-7-14)11-4-2-1-3-5-13-11/h13H,1-10H2. The lowest BCUT2D eigenvalue weighted by atomic mass is 10.1. The Kier molecular flexibility index (Phi) is 4.95. The molecule has 0 spiro atoms. The van der Waals surface area contributed by atoms with Gasteiger partial charge in [0.05, 0.1) is 30.4 Å². The van der Waals surface area contributed by atoms with Gasteiger partial charge >= 0.3 is 0 Å². The molecule has 6 heteroatoms. The van der Waals surface area contributed by atoms with Crippen molar-refractivity contribution >= 4 is 0 Å². The summed E-state index contributed by atoms with van der Waals surface area (Å²) in [6.07, 6.45) is 4.11. The number of nitro groups is 1. The maximum atomic E-state index is 11.2. The van der Waals surface area contributed by atoms with Gasteiger partial charge in [0.15, 0.2) is 0 Å². The Balaban J connectivity index is 2.05. The van der Waals surface area contributed by atoms with Gasteiger partial charge in [-0.25, -0.2) is 0 Å². The van der Waals surface area contributed by atoms with Gasteiger partial charge in [0, 0.05) is 19.6 Å². The van der Waals surface area contributed by atoms with Crippen LogP contribution >= 0.6 is 0 Å². The van der Waals surface area contributed by atoms with Gasteiger partial charge in [0.2, 0.25) is 0 Å². The second-order valence-corrected chi connectivity index (χ2v) is 4.81. The van der Waals surface area contributed by atoms with Gasteiger partial charge in [-0.3, -0.25) is 15.0 Å². The molecule has 0 unspecified atom stereocenters. The fourth-order valence-corrected chi connectivity index (χ4v) is 2.41. The Labute approximate surface area is 107 Å². The quantitative estimate of drug-likeness (QED) is 0.601. The molecule has 2 fully saturated rings. The minimum absolute atomic E-state index is 0.219. The number of nitrogens with zero attached hydrogens (tertiary/aromatic N) is 2. The van der Waals surface area contributed by atoms with Crippen LogP contribution in [0.3, 0.4) is 0 Å². The van der Waals surface area contributed by atoms with Gasteiger partial charge in [-0.2, -0.15) is 0 Å². The second-order valence-electron chi connectivity index (χ2n) is 4.81. The molecule has 1 N–H and O–H groups in total. The Morgan fingerprint density at radius 2 is 2.11 bits per heavy atom. The summed E-state index contributed by atoms with van der Waals surface area (Å²) >= 11 is 0. The lowest BCUT2D eigenvalue weighted by molar-refractivity contribution is -0.430. The lowest BCUT2D eigenvalue weighted by Gasteiger charge is -2.25. The smallest absolute Gasteiger partial charge is 0.278 e. The zero-order chi connectivity index (χ0) is 12.8. The fourth-order valence-electron chi connectivity index (χ4n) is 2.41. The van der Waals surface area contributed by atoms with Crippen LogP contribution in [0.5, 0.6) is 0 Å². The highest BCUT2D eigenvalue weighted by molar-refractivity contribution is 5.09. The molecule has 0 aliphatic carbocycles. The van der Waals surface area contributed by atoms with E-state index in [4.69, 9.17) is 4.74 Å². The number of rotatable bonds is 3. The zero-order valence-corrected chi connectivity index (χ0v) is 10.7. The minimum atomic E-state index is -0.219. The molecule has 2 saturated heterocycles. The number of ether oxygens (including phenoxy) is 1. The van der Waals surface area contributed by atoms with Crippen LogP contribution in [0.4, 0.5) is 0 Å². The maximum absolute atomic E-state index is 11.2. The van der Waals surface area contributed by atoms with E-state index in [0.29, 0.717) is 25.5 Å². The molecule has 0 radical (unpaired) electrons. The van der Waals surface area contributed by atoms with Crippen molar-refractivity contribution < 1.29 is 9.66 Å². The van der Waals surface area contributed by atoms with E-state index in [0.717, 1.165) is 51.0 Å². The molecule has 0 amide bonds. The number of hydrogen-bond donors (Lipinski definition) is 1. The predicted octanol–water partition coefficient (Wildman–Crippen LogP) is 0.970. The van der Waals surface area contributed by atoms with Crippen LogP contribution < -0.4 is 5.32 Å². The average molecular weight is 255 g/mol. The van der Waals surface area contributed by atoms with Gasteiger partial charge < -0.3 is 10.1 Å². The maximum Gasteiger partial charge on any atom is 0.278 e. The van der Waals surface area contributed by atoms with E-state index < -0.39 is 0 Å². The van der Waals surface area contributed by atoms with Crippen molar-refractivity contribution in [3.05, 3.63) is 21.5 Å². The van der Waals surface area contributed by atoms with Crippen LogP contribution in [-0.4, -0.2) is 49.2 Å². The highest BCUT2D eigenvalue weighted by atomic mass is 16.6.